The Hall–Kier alpha value is -1.44. The smallest absolute Gasteiger partial charge is 0.145 e. The molecule has 1 heterocycles. The molecule has 0 aliphatic heterocycles. The number of rotatable bonds is 5. The largest absolute Gasteiger partial charge is 0.374 e. The fraction of sp³-hybridized carbons (Fsp3) is 0.538. The van der Waals surface area contributed by atoms with Crippen LogP contribution in [0.4, 0.5) is 0 Å². The van der Waals surface area contributed by atoms with Gasteiger partial charge >= 0.3 is 0 Å². The highest BCUT2D eigenvalue weighted by Gasteiger charge is 2.09. The number of pyridine rings is 1. The third-order valence-electron chi connectivity index (χ3n) is 2.02. The molecule has 0 fully saturated rings. The van der Waals surface area contributed by atoms with Gasteiger partial charge in [0.25, 0.3) is 0 Å². The zero-order valence-corrected chi connectivity index (χ0v) is 10.6. The van der Waals surface area contributed by atoms with Crippen LogP contribution in [0.15, 0.2) is 18.3 Å². The maximum Gasteiger partial charge on any atom is 0.145 e. The molecule has 1 rings (SSSR count). The molecule has 0 atom stereocenters. The van der Waals surface area contributed by atoms with Gasteiger partial charge in [0, 0.05) is 11.8 Å². The Balaban J connectivity index is 2.30. The molecule has 1 aromatic heterocycles. The summed E-state index contributed by atoms with van der Waals surface area (Å²) < 4.78 is 11.0. The van der Waals surface area contributed by atoms with Crippen LogP contribution < -0.4 is 0 Å². The first-order valence-corrected chi connectivity index (χ1v) is 5.58. The lowest BCUT2D eigenvalue weighted by molar-refractivity contribution is -0.0377. The summed E-state index contributed by atoms with van der Waals surface area (Å²) in [6.07, 6.45) is 1.60. The van der Waals surface area contributed by atoms with Crippen LogP contribution in [0.1, 0.15) is 32.0 Å². The van der Waals surface area contributed by atoms with Gasteiger partial charge in [-0.05, 0) is 26.8 Å². The molecule has 0 aliphatic carbocycles. The van der Waals surface area contributed by atoms with Crippen LogP contribution in [0.5, 0.6) is 0 Å². The van der Waals surface area contributed by atoms with Crippen molar-refractivity contribution in [2.75, 3.05) is 13.2 Å². The van der Waals surface area contributed by atoms with Crippen LogP contribution in [0.25, 0.3) is 0 Å². The van der Waals surface area contributed by atoms with E-state index in [1.165, 1.54) is 0 Å². The average molecular weight is 234 g/mol. The van der Waals surface area contributed by atoms with E-state index in [2.05, 4.69) is 4.98 Å². The van der Waals surface area contributed by atoms with Crippen molar-refractivity contribution in [3.05, 3.63) is 29.6 Å². The van der Waals surface area contributed by atoms with Crippen LogP contribution in [0, 0.1) is 11.3 Å². The van der Waals surface area contributed by atoms with Crippen molar-refractivity contribution in [1.29, 1.82) is 5.26 Å². The summed E-state index contributed by atoms with van der Waals surface area (Å²) in [6.45, 7) is 7.46. The molecule has 0 aromatic carbocycles. The highest BCUT2D eigenvalue weighted by atomic mass is 16.5. The van der Waals surface area contributed by atoms with Gasteiger partial charge in [0.15, 0.2) is 0 Å². The molecule has 17 heavy (non-hydrogen) atoms. The van der Waals surface area contributed by atoms with Crippen LogP contribution in [0.3, 0.4) is 0 Å². The first-order valence-electron chi connectivity index (χ1n) is 5.58. The van der Waals surface area contributed by atoms with E-state index < -0.39 is 0 Å². The van der Waals surface area contributed by atoms with Crippen molar-refractivity contribution < 1.29 is 9.47 Å². The van der Waals surface area contributed by atoms with E-state index in [4.69, 9.17) is 14.7 Å². The van der Waals surface area contributed by atoms with E-state index in [9.17, 15) is 0 Å². The van der Waals surface area contributed by atoms with E-state index in [0.717, 1.165) is 5.56 Å². The van der Waals surface area contributed by atoms with E-state index in [0.29, 0.717) is 25.5 Å². The number of hydrogen-bond acceptors (Lipinski definition) is 4. The minimum atomic E-state index is -0.143. The minimum Gasteiger partial charge on any atom is -0.374 e. The summed E-state index contributed by atoms with van der Waals surface area (Å²) in [7, 11) is 0. The molecule has 1 aromatic rings. The lowest BCUT2D eigenvalue weighted by Crippen LogP contribution is -2.21. The third kappa shape index (κ3) is 5.43. The molecule has 4 heteroatoms. The van der Waals surface area contributed by atoms with Gasteiger partial charge in [-0.15, -0.1) is 0 Å². The van der Waals surface area contributed by atoms with E-state index in [1.54, 1.807) is 12.3 Å². The molecular formula is C13H18N2O2. The predicted octanol–water partition coefficient (Wildman–Crippen LogP) is 2.28. The number of hydrogen-bond donors (Lipinski definition) is 0. The Morgan fingerprint density at radius 1 is 1.35 bits per heavy atom. The third-order valence-corrected chi connectivity index (χ3v) is 2.02. The summed E-state index contributed by atoms with van der Waals surface area (Å²) in [4.78, 5) is 3.96. The maximum atomic E-state index is 8.84. The number of nitriles is 1. The van der Waals surface area contributed by atoms with Crippen molar-refractivity contribution in [3.8, 4) is 6.07 Å². The first kappa shape index (κ1) is 13.6. The normalized spacial score (nSPS) is 11.2. The summed E-state index contributed by atoms with van der Waals surface area (Å²) in [6, 6.07) is 5.68. The second-order valence-electron chi connectivity index (χ2n) is 4.64. The van der Waals surface area contributed by atoms with Crippen molar-refractivity contribution >= 4 is 0 Å². The second kappa shape index (κ2) is 6.33. The molecule has 0 radical (unpaired) electrons. The van der Waals surface area contributed by atoms with Crippen molar-refractivity contribution in [2.24, 2.45) is 0 Å². The van der Waals surface area contributed by atoms with E-state index in [1.807, 2.05) is 32.9 Å². The molecule has 4 nitrogen and oxygen atoms in total. The van der Waals surface area contributed by atoms with Gasteiger partial charge in [0.1, 0.15) is 11.8 Å². The monoisotopic (exact) mass is 234 g/mol. The molecule has 92 valence electrons. The van der Waals surface area contributed by atoms with Crippen LogP contribution in [0.2, 0.25) is 0 Å². The molecular weight excluding hydrogens is 216 g/mol. The maximum absolute atomic E-state index is 8.84. The van der Waals surface area contributed by atoms with Gasteiger partial charge < -0.3 is 9.47 Å². The number of ether oxygens (including phenoxy) is 2. The van der Waals surface area contributed by atoms with Gasteiger partial charge in [-0.25, -0.2) is 4.98 Å². The minimum absolute atomic E-state index is 0.143. The van der Waals surface area contributed by atoms with Crippen LogP contribution in [-0.2, 0) is 16.1 Å². The molecule has 0 saturated heterocycles. The molecule has 0 spiro atoms. The number of nitrogens with zero attached hydrogens (tertiary/aromatic N) is 2. The van der Waals surface area contributed by atoms with Crippen molar-refractivity contribution in [2.45, 2.75) is 33.0 Å². The highest BCUT2D eigenvalue weighted by Crippen LogP contribution is 2.07. The van der Waals surface area contributed by atoms with Gasteiger partial charge in [-0.1, -0.05) is 6.07 Å². The first-order chi connectivity index (χ1) is 8.03. The van der Waals surface area contributed by atoms with Crippen LogP contribution in [-0.4, -0.2) is 23.8 Å². The van der Waals surface area contributed by atoms with Crippen molar-refractivity contribution in [3.63, 3.8) is 0 Å². The van der Waals surface area contributed by atoms with Crippen molar-refractivity contribution in [1.82, 2.24) is 4.98 Å². The Morgan fingerprint density at radius 3 is 2.76 bits per heavy atom. The summed E-state index contributed by atoms with van der Waals surface area (Å²) in [5, 5.41) is 8.84. The molecule has 0 unspecified atom stereocenters. The molecule has 0 saturated carbocycles. The summed E-state index contributed by atoms with van der Waals surface area (Å²) >= 11 is 0. The predicted molar refractivity (Wildman–Crippen MR) is 64.3 cm³/mol. The fourth-order valence-corrected chi connectivity index (χ4v) is 1.24. The topological polar surface area (TPSA) is 55.1 Å². The lowest BCUT2D eigenvalue weighted by atomic mass is 10.2. The fourth-order valence-electron chi connectivity index (χ4n) is 1.24. The zero-order valence-electron chi connectivity index (χ0n) is 10.6. The Kier molecular flexibility index (Phi) is 5.08. The zero-order chi connectivity index (χ0) is 12.7. The van der Waals surface area contributed by atoms with E-state index in [-0.39, 0.29) is 5.60 Å². The molecule has 0 aliphatic rings. The molecule has 0 amide bonds. The van der Waals surface area contributed by atoms with Gasteiger partial charge in [-0.3, -0.25) is 0 Å². The second-order valence-corrected chi connectivity index (χ2v) is 4.64. The van der Waals surface area contributed by atoms with Gasteiger partial charge in [-0.2, -0.15) is 5.26 Å². The quantitative estimate of drug-likeness (QED) is 0.733. The molecule has 0 N–H and O–H groups in total. The average Bonchev–Trinajstić information content (AvgIpc) is 2.27. The molecule has 0 bridgehead atoms. The lowest BCUT2D eigenvalue weighted by Gasteiger charge is -2.19. The van der Waals surface area contributed by atoms with Crippen LogP contribution >= 0.6 is 0 Å². The SMILES string of the molecule is CC(C)(C)OCCOCc1cccnc1C#N. The Labute approximate surface area is 102 Å². The Bertz CT molecular complexity index is 391. The summed E-state index contributed by atoms with van der Waals surface area (Å²) in [5.41, 5.74) is 1.09. The summed E-state index contributed by atoms with van der Waals surface area (Å²) in [5.74, 6) is 0. The van der Waals surface area contributed by atoms with E-state index >= 15 is 0 Å². The highest BCUT2D eigenvalue weighted by molar-refractivity contribution is 5.29. The van der Waals surface area contributed by atoms with Gasteiger partial charge in [0.2, 0.25) is 0 Å². The number of aromatic nitrogens is 1. The van der Waals surface area contributed by atoms with Gasteiger partial charge in [0.05, 0.1) is 25.4 Å². The standard InChI is InChI=1S/C13H18N2O2/c1-13(2,3)17-8-7-16-10-11-5-4-6-15-12(11)9-14/h4-6H,7-8,10H2,1-3H3. The Morgan fingerprint density at radius 2 is 2.12 bits per heavy atom.